The first-order valence-corrected chi connectivity index (χ1v) is 5.24. The van der Waals surface area contributed by atoms with E-state index in [1.165, 1.54) is 0 Å². The summed E-state index contributed by atoms with van der Waals surface area (Å²) in [6.07, 6.45) is 2.89. The number of hydrogen-bond donors (Lipinski definition) is 2. The molecule has 0 aromatic rings. The number of likely N-dealkylation sites (N-methyl/N-ethyl adjacent to an activating group) is 2. The van der Waals surface area contributed by atoms with Gasteiger partial charge in [-0.3, -0.25) is 9.69 Å². The topological polar surface area (TPSA) is 44.4 Å². The van der Waals surface area contributed by atoms with E-state index in [1.807, 2.05) is 14.1 Å². The van der Waals surface area contributed by atoms with Gasteiger partial charge in [-0.25, -0.2) is 0 Å². The predicted octanol–water partition coefficient (Wildman–Crippen LogP) is -0.194. The molecule has 1 saturated heterocycles. The molecule has 1 atom stereocenters. The lowest BCUT2D eigenvalue weighted by atomic mass is 9.88. The highest BCUT2D eigenvalue weighted by atomic mass is 16.2. The zero-order valence-corrected chi connectivity index (χ0v) is 9.39. The van der Waals surface area contributed by atoms with Crippen LogP contribution in [0.4, 0.5) is 0 Å². The van der Waals surface area contributed by atoms with Gasteiger partial charge in [0.1, 0.15) is 5.54 Å². The third-order valence-electron chi connectivity index (χ3n) is 3.17. The summed E-state index contributed by atoms with van der Waals surface area (Å²) in [6, 6.07) is 0. The van der Waals surface area contributed by atoms with Crippen LogP contribution in [0.15, 0.2) is 0 Å². The van der Waals surface area contributed by atoms with Crippen molar-refractivity contribution >= 4 is 5.91 Å². The normalized spacial score (nSPS) is 28.6. The Bertz CT molecular complexity index is 196. The summed E-state index contributed by atoms with van der Waals surface area (Å²) in [7, 11) is 5.69. The first kappa shape index (κ1) is 11.5. The summed E-state index contributed by atoms with van der Waals surface area (Å²) in [5.74, 6) is 0.145. The van der Waals surface area contributed by atoms with E-state index in [0.29, 0.717) is 0 Å². The van der Waals surface area contributed by atoms with Crippen LogP contribution in [0.25, 0.3) is 0 Å². The monoisotopic (exact) mass is 199 g/mol. The summed E-state index contributed by atoms with van der Waals surface area (Å²) in [6.45, 7) is 1.94. The van der Waals surface area contributed by atoms with Crippen LogP contribution >= 0.6 is 0 Å². The highest BCUT2D eigenvalue weighted by Gasteiger charge is 2.39. The summed E-state index contributed by atoms with van der Waals surface area (Å²) in [5.41, 5.74) is -0.307. The van der Waals surface area contributed by atoms with Crippen molar-refractivity contribution in [1.82, 2.24) is 15.5 Å². The number of nitrogens with zero attached hydrogens (tertiary/aromatic N) is 1. The van der Waals surface area contributed by atoms with Crippen LogP contribution in [-0.2, 0) is 4.79 Å². The maximum Gasteiger partial charge on any atom is 0.240 e. The third-order valence-corrected chi connectivity index (χ3v) is 3.17. The Kier molecular flexibility index (Phi) is 3.89. The lowest BCUT2D eigenvalue weighted by Gasteiger charge is -2.37. The fraction of sp³-hybridized carbons (Fsp3) is 0.900. The molecular weight excluding hydrogens is 178 g/mol. The van der Waals surface area contributed by atoms with E-state index in [4.69, 9.17) is 0 Å². The molecule has 1 unspecified atom stereocenters. The average Bonchev–Trinajstić information content (AvgIpc) is 2.42. The van der Waals surface area contributed by atoms with Crippen molar-refractivity contribution in [2.75, 3.05) is 34.2 Å². The second-order valence-corrected chi connectivity index (χ2v) is 4.11. The minimum atomic E-state index is -0.307. The first-order valence-electron chi connectivity index (χ1n) is 5.24. The van der Waals surface area contributed by atoms with E-state index in [1.54, 1.807) is 7.05 Å². The molecule has 0 aliphatic carbocycles. The minimum Gasteiger partial charge on any atom is -0.358 e. The van der Waals surface area contributed by atoms with E-state index in [2.05, 4.69) is 15.5 Å². The number of hydrogen-bond acceptors (Lipinski definition) is 3. The van der Waals surface area contributed by atoms with Crippen LogP contribution in [0.5, 0.6) is 0 Å². The molecule has 4 heteroatoms. The van der Waals surface area contributed by atoms with Gasteiger partial charge in [0, 0.05) is 7.05 Å². The summed E-state index contributed by atoms with van der Waals surface area (Å²) < 4.78 is 0. The second kappa shape index (κ2) is 4.75. The SMILES string of the molecule is CNC(=O)C1(N(C)C)CCCNCC1. The van der Waals surface area contributed by atoms with E-state index < -0.39 is 0 Å². The number of carbonyl (C=O) groups is 1. The Hall–Kier alpha value is -0.610. The van der Waals surface area contributed by atoms with Gasteiger partial charge in [-0.1, -0.05) is 0 Å². The van der Waals surface area contributed by atoms with Crippen LogP contribution in [0.2, 0.25) is 0 Å². The molecule has 1 amide bonds. The number of amides is 1. The maximum atomic E-state index is 11.9. The molecule has 82 valence electrons. The molecule has 0 aromatic carbocycles. The molecule has 0 bridgehead atoms. The summed E-state index contributed by atoms with van der Waals surface area (Å²) >= 11 is 0. The molecule has 2 N–H and O–H groups in total. The largest absolute Gasteiger partial charge is 0.358 e. The van der Waals surface area contributed by atoms with Gasteiger partial charge >= 0.3 is 0 Å². The number of rotatable bonds is 2. The molecule has 0 radical (unpaired) electrons. The number of carbonyl (C=O) groups excluding carboxylic acids is 1. The van der Waals surface area contributed by atoms with Crippen molar-refractivity contribution in [3.05, 3.63) is 0 Å². The quantitative estimate of drug-likeness (QED) is 0.648. The van der Waals surface area contributed by atoms with Crippen molar-refractivity contribution < 1.29 is 4.79 Å². The molecule has 1 fully saturated rings. The summed E-state index contributed by atoms with van der Waals surface area (Å²) in [5, 5.41) is 6.11. The first-order chi connectivity index (χ1) is 6.63. The van der Waals surface area contributed by atoms with Crippen LogP contribution < -0.4 is 10.6 Å². The molecule has 1 heterocycles. The second-order valence-electron chi connectivity index (χ2n) is 4.11. The van der Waals surface area contributed by atoms with Gasteiger partial charge in [-0.05, 0) is 46.4 Å². The Balaban J connectivity index is 2.83. The van der Waals surface area contributed by atoms with Gasteiger partial charge in [0.05, 0.1) is 0 Å². The molecule has 0 spiro atoms. The van der Waals surface area contributed by atoms with Crippen LogP contribution in [0, 0.1) is 0 Å². The van der Waals surface area contributed by atoms with Gasteiger partial charge in [0.2, 0.25) is 5.91 Å². The Morgan fingerprint density at radius 1 is 1.36 bits per heavy atom. The van der Waals surface area contributed by atoms with Gasteiger partial charge in [-0.2, -0.15) is 0 Å². The standard InChI is InChI=1S/C10H21N3O/c1-11-9(14)10(13(2)3)5-4-7-12-8-6-10/h12H,4-8H2,1-3H3,(H,11,14). The molecule has 0 aromatic heterocycles. The fourth-order valence-corrected chi connectivity index (χ4v) is 2.16. The maximum absolute atomic E-state index is 11.9. The molecule has 1 aliphatic rings. The molecule has 4 nitrogen and oxygen atoms in total. The van der Waals surface area contributed by atoms with E-state index >= 15 is 0 Å². The van der Waals surface area contributed by atoms with E-state index in [-0.39, 0.29) is 11.4 Å². The molecule has 1 rings (SSSR count). The highest BCUT2D eigenvalue weighted by Crippen LogP contribution is 2.25. The number of nitrogens with one attached hydrogen (secondary N) is 2. The fourth-order valence-electron chi connectivity index (χ4n) is 2.16. The lowest BCUT2D eigenvalue weighted by Crippen LogP contribution is -2.55. The third kappa shape index (κ3) is 2.07. The predicted molar refractivity (Wildman–Crippen MR) is 57.2 cm³/mol. The van der Waals surface area contributed by atoms with Crippen LogP contribution in [0.1, 0.15) is 19.3 Å². The van der Waals surface area contributed by atoms with Crippen molar-refractivity contribution in [2.45, 2.75) is 24.8 Å². The van der Waals surface area contributed by atoms with Gasteiger partial charge in [0.15, 0.2) is 0 Å². The van der Waals surface area contributed by atoms with Crippen molar-refractivity contribution in [3.8, 4) is 0 Å². The molecular formula is C10H21N3O. The molecule has 14 heavy (non-hydrogen) atoms. The van der Waals surface area contributed by atoms with Gasteiger partial charge in [-0.15, -0.1) is 0 Å². The Morgan fingerprint density at radius 2 is 2.07 bits per heavy atom. The van der Waals surface area contributed by atoms with Crippen molar-refractivity contribution in [2.24, 2.45) is 0 Å². The Morgan fingerprint density at radius 3 is 2.64 bits per heavy atom. The summed E-state index contributed by atoms with van der Waals surface area (Å²) in [4.78, 5) is 14.0. The lowest BCUT2D eigenvalue weighted by molar-refractivity contribution is -0.132. The van der Waals surface area contributed by atoms with Crippen molar-refractivity contribution in [3.63, 3.8) is 0 Å². The minimum absolute atomic E-state index is 0.145. The molecule has 0 saturated carbocycles. The molecule has 1 aliphatic heterocycles. The Labute approximate surface area is 86.0 Å². The van der Waals surface area contributed by atoms with Gasteiger partial charge < -0.3 is 10.6 Å². The van der Waals surface area contributed by atoms with E-state index in [9.17, 15) is 4.79 Å². The van der Waals surface area contributed by atoms with E-state index in [0.717, 1.165) is 32.4 Å². The van der Waals surface area contributed by atoms with Crippen LogP contribution in [-0.4, -0.2) is 50.6 Å². The highest BCUT2D eigenvalue weighted by molar-refractivity contribution is 5.86. The van der Waals surface area contributed by atoms with Gasteiger partial charge in [0.25, 0.3) is 0 Å². The van der Waals surface area contributed by atoms with Crippen molar-refractivity contribution in [1.29, 1.82) is 0 Å². The average molecular weight is 199 g/mol. The zero-order chi connectivity index (χ0) is 10.6. The van der Waals surface area contributed by atoms with Crippen LogP contribution in [0.3, 0.4) is 0 Å². The zero-order valence-electron chi connectivity index (χ0n) is 9.39. The smallest absolute Gasteiger partial charge is 0.240 e.